The van der Waals surface area contributed by atoms with E-state index in [0.29, 0.717) is 64.8 Å². The van der Waals surface area contributed by atoms with Crippen molar-refractivity contribution in [3.8, 4) is 11.5 Å². The fourth-order valence-electron chi connectivity index (χ4n) is 3.24. The molecule has 1 heterocycles. The largest absolute Gasteiger partial charge is 0.493 e. The van der Waals surface area contributed by atoms with E-state index in [9.17, 15) is 9.59 Å². The van der Waals surface area contributed by atoms with Crippen LogP contribution in [0.3, 0.4) is 0 Å². The van der Waals surface area contributed by atoms with E-state index in [4.69, 9.17) is 32.7 Å². The molecule has 3 rings (SSSR count). The standard InChI is InChI=1S/C22H23Cl2N3O4/c1-30-19-11-17-18(12-20(19)31-2)26-13-27(22(17)29)7-3-4-21(28)25-6-5-14-8-15(23)10-16(24)9-14/h8-13H,3-7H2,1-2H3,(H,25,28). The number of hydrogen-bond acceptors (Lipinski definition) is 5. The van der Waals surface area contributed by atoms with Gasteiger partial charge in [-0.3, -0.25) is 14.2 Å². The van der Waals surface area contributed by atoms with Crippen molar-refractivity contribution in [3.05, 3.63) is 62.6 Å². The van der Waals surface area contributed by atoms with Crippen LogP contribution < -0.4 is 20.3 Å². The lowest BCUT2D eigenvalue weighted by Gasteiger charge is -2.11. The molecule has 0 saturated carbocycles. The highest BCUT2D eigenvalue weighted by molar-refractivity contribution is 6.34. The number of nitrogens with one attached hydrogen (secondary N) is 1. The molecular formula is C22H23Cl2N3O4. The van der Waals surface area contributed by atoms with Crippen molar-refractivity contribution in [2.24, 2.45) is 0 Å². The molecule has 0 saturated heterocycles. The monoisotopic (exact) mass is 463 g/mol. The van der Waals surface area contributed by atoms with Crippen LogP contribution in [0.25, 0.3) is 10.9 Å². The Balaban J connectivity index is 1.54. The predicted octanol–water partition coefficient (Wildman–Crippen LogP) is 3.86. The second-order valence-corrected chi connectivity index (χ2v) is 7.82. The normalized spacial score (nSPS) is 10.8. The van der Waals surface area contributed by atoms with Gasteiger partial charge in [0.15, 0.2) is 11.5 Å². The molecule has 0 atom stereocenters. The number of nitrogens with zero attached hydrogens (tertiary/aromatic N) is 2. The Morgan fingerprint density at radius 2 is 1.74 bits per heavy atom. The Hall–Kier alpha value is -2.77. The van der Waals surface area contributed by atoms with Crippen LogP contribution in [0.1, 0.15) is 18.4 Å². The molecule has 0 unspecified atom stereocenters. The van der Waals surface area contributed by atoms with Crippen molar-refractivity contribution >= 4 is 40.0 Å². The number of ether oxygens (including phenoxy) is 2. The van der Waals surface area contributed by atoms with E-state index in [2.05, 4.69) is 10.3 Å². The van der Waals surface area contributed by atoms with Crippen LogP contribution >= 0.6 is 23.2 Å². The lowest BCUT2D eigenvalue weighted by molar-refractivity contribution is -0.121. The zero-order valence-electron chi connectivity index (χ0n) is 17.3. The van der Waals surface area contributed by atoms with E-state index in [1.165, 1.54) is 25.1 Å². The van der Waals surface area contributed by atoms with E-state index < -0.39 is 0 Å². The van der Waals surface area contributed by atoms with Gasteiger partial charge in [0.05, 0.1) is 31.4 Å². The summed E-state index contributed by atoms with van der Waals surface area (Å²) in [5, 5.41) is 4.44. The first-order chi connectivity index (χ1) is 14.9. The summed E-state index contributed by atoms with van der Waals surface area (Å²) >= 11 is 12.0. The molecule has 7 nitrogen and oxygen atoms in total. The highest BCUT2D eigenvalue weighted by Gasteiger charge is 2.11. The van der Waals surface area contributed by atoms with E-state index >= 15 is 0 Å². The summed E-state index contributed by atoms with van der Waals surface area (Å²) in [5.74, 6) is 0.893. The molecule has 0 bridgehead atoms. The third kappa shape index (κ3) is 5.89. The smallest absolute Gasteiger partial charge is 0.261 e. The van der Waals surface area contributed by atoms with Gasteiger partial charge in [-0.15, -0.1) is 0 Å². The molecular weight excluding hydrogens is 441 g/mol. The Morgan fingerprint density at radius 3 is 2.42 bits per heavy atom. The molecule has 1 amide bonds. The van der Waals surface area contributed by atoms with Crippen LogP contribution in [-0.2, 0) is 17.8 Å². The fourth-order valence-corrected chi connectivity index (χ4v) is 3.82. The maximum Gasteiger partial charge on any atom is 0.261 e. The van der Waals surface area contributed by atoms with Crippen LogP contribution in [0.2, 0.25) is 10.0 Å². The van der Waals surface area contributed by atoms with Gasteiger partial charge in [0.2, 0.25) is 5.91 Å². The third-order valence-electron chi connectivity index (χ3n) is 4.79. The third-order valence-corrected chi connectivity index (χ3v) is 5.23. The van der Waals surface area contributed by atoms with Crippen LogP contribution in [0.15, 0.2) is 41.5 Å². The SMILES string of the molecule is COc1cc2ncn(CCCC(=O)NCCc3cc(Cl)cc(Cl)c3)c(=O)c2cc1OC. The van der Waals surface area contributed by atoms with Gasteiger partial charge in [-0.1, -0.05) is 23.2 Å². The van der Waals surface area contributed by atoms with Crippen molar-refractivity contribution < 1.29 is 14.3 Å². The summed E-state index contributed by atoms with van der Waals surface area (Å²) < 4.78 is 12.0. The number of benzene rings is 2. The number of halogens is 2. The number of carbonyl (C=O) groups excluding carboxylic acids is 1. The molecule has 0 fully saturated rings. The Labute approximate surface area is 189 Å². The average Bonchev–Trinajstić information content (AvgIpc) is 2.74. The molecule has 2 aromatic carbocycles. The maximum atomic E-state index is 12.8. The topological polar surface area (TPSA) is 82.5 Å². The lowest BCUT2D eigenvalue weighted by atomic mass is 10.1. The number of aromatic nitrogens is 2. The van der Waals surface area contributed by atoms with Crippen molar-refractivity contribution in [1.29, 1.82) is 0 Å². The molecule has 0 aliphatic rings. The number of hydrogen-bond donors (Lipinski definition) is 1. The zero-order valence-corrected chi connectivity index (χ0v) is 18.8. The Kier molecular flexibility index (Phi) is 7.76. The minimum absolute atomic E-state index is 0.0821. The molecule has 164 valence electrons. The van der Waals surface area contributed by atoms with E-state index in [1.54, 1.807) is 18.2 Å². The van der Waals surface area contributed by atoms with Gasteiger partial charge in [0.1, 0.15) is 0 Å². The second kappa shape index (κ2) is 10.5. The van der Waals surface area contributed by atoms with Crippen molar-refractivity contribution in [2.45, 2.75) is 25.8 Å². The van der Waals surface area contributed by atoms with Crippen molar-refractivity contribution in [2.75, 3.05) is 20.8 Å². The summed E-state index contributed by atoms with van der Waals surface area (Å²) in [6, 6.07) is 8.60. The molecule has 1 aromatic heterocycles. The summed E-state index contributed by atoms with van der Waals surface area (Å²) in [5.41, 5.74) is 1.29. The Morgan fingerprint density at radius 1 is 1.06 bits per heavy atom. The van der Waals surface area contributed by atoms with Gasteiger partial charge in [-0.2, -0.15) is 0 Å². The Bertz CT molecular complexity index is 1130. The summed E-state index contributed by atoms with van der Waals surface area (Å²) in [7, 11) is 3.04. The highest BCUT2D eigenvalue weighted by Crippen LogP contribution is 2.29. The number of fused-ring (bicyclic) bond motifs is 1. The average molecular weight is 464 g/mol. The summed E-state index contributed by atoms with van der Waals surface area (Å²) in [4.78, 5) is 29.2. The summed E-state index contributed by atoms with van der Waals surface area (Å²) in [6.45, 7) is 0.863. The van der Waals surface area contributed by atoms with Crippen LogP contribution in [0.4, 0.5) is 0 Å². The fraction of sp³-hybridized carbons (Fsp3) is 0.318. The summed E-state index contributed by atoms with van der Waals surface area (Å²) in [6.07, 6.45) is 2.92. The molecule has 0 radical (unpaired) electrons. The lowest BCUT2D eigenvalue weighted by Crippen LogP contribution is -2.26. The molecule has 0 aliphatic carbocycles. The van der Waals surface area contributed by atoms with Gasteiger partial charge >= 0.3 is 0 Å². The predicted molar refractivity (Wildman–Crippen MR) is 122 cm³/mol. The first-order valence-electron chi connectivity index (χ1n) is 9.74. The molecule has 3 aromatic rings. The minimum atomic E-state index is -0.191. The van der Waals surface area contributed by atoms with Gasteiger partial charge in [0, 0.05) is 35.6 Å². The van der Waals surface area contributed by atoms with Gasteiger partial charge in [0.25, 0.3) is 5.56 Å². The molecule has 0 aliphatic heterocycles. The molecule has 1 N–H and O–H groups in total. The quantitative estimate of drug-likeness (QED) is 0.520. The number of carbonyl (C=O) groups is 1. The maximum absolute atomic E-state index is 12.8. The number of rotatable bonds is 9. The van der Waals surface area contributed by atoms with Crippen molar-refractivity contribution in [1.82, 2.24) is 14.9 Å². The van der Waals surface area contributed by atoms with E-state index in [0.717, 1.165) is 5.56 Å². The molecule has 31 heavy (non-hydrogen) atoms. The van der Waals surface area contributed by atoms with Gasteiger partial charge in [-0.05, 0) is 42.7 Å². The first-order valence-corrected chi connectivity index (χ1v) is 10.5. The first kappa shape index (κ1) is 22.9. The molecule has 0 spiro atoms. The van der Waals surface area contributed by atoms with Crippen LogP contribution in [-0.4, -0.2) is 36.2 Å². The van der Waals surface area contributed by atoms with Crippen molar-refractivity contribution in [3.63, 3.8) is 0 Å². The second-order valence-electron chi connectivity index (χ2n) is 6.95. The zero-order chi connectivity index (χ0) is 22.4. The number of aryl methyl sites for hydroxylation is 1. The van der Waals surface area contributed by atoms with Gasteiger partial charge in [-0.25, -0.2) is 4.98 Å². The molecule has 9 heteroatoms. The number of methoxy groups -OCH3 is 2. The number of amides is 1. The van der Waals surface area contributed by atoms with Gasteiger partial charge < -0.3 is 14.8 Å². The highest BCUT2D eigenvalue weighted by atomic mass is 35.5. The van der Waals surface area contributed by atoms with E-state index in [-0.39, 0.29) is 11.5 Å². The van der Waals surface area contributed by atoms with E-state index in [1.807, 2.05) is 12.1 Å². The van der Waals surface area contributed by atoms with Crippen LogP contribution in [0.5, 0.6) is 11.5 Å². The van der Waals surface area contributed by atoms with Crippen LogP contribution in [0, 0.1) is 0 Å². The minimum Gasteiger partial charge on any atom is -0.493 e.